The maximum absolute atomic E-state index is 11.2. The van der Waals surface area contributed by atoms with Crippen LogP contribution in [0.1, 0.15) is 31.0 Å². The summed E-state index contributed by atoms with van der Waals surface area (Å²) in [6.07, 6.45) is 3.66. The van der Waals surface area contributed by atoms with Gasteiger partial charge >= 0.3 is 5.69 Å². The van der Waals surface area contributed by atoms with E-state index in [4.69, 9.17) is 9.47 Å². The van der Waals surface area contributed by atoms with Gasteiger partial charge in [0.25, 0.3) is 0 Å². The molecule has 0 unspecified atom stereocenters. The van der Waals surface area contributed by atoms with Crippen molar-refractivity contribution in [1.82, 2.24) is 15.2 Å². The fraction of sp³-hybridized carbons (Fsp3) is 0.375. The Labute approximate surface area is 139 Å². The molecule has 0 atom stereocenters. The van der Waals surface area contributed by atoms with Gasteiger partial charge in [-0.05, 0) is 37.1 Å². The van der Waals surface area contributed by atoms with E-state index in [1.165, 1.54) is 0 Å². The second-order valence-corrected chi connectivity index (χ2v) is 5.06. The number of benzene rings is 1. The molecule has 0 radical (unpaired) electrons. The summed E-state index contributed by atoms with van der Waals surface area (Å²) >= 11 is 0. The Bertz CT molecular complexity index is 758. The molecular formula is C16H21N5O3. The standard InChI is InChI=1S/C16H21N5O3/c1-4-5-8-24-13-7-6-12(9-14(13)23-3)10-17-20-15-11(2)19-21-16(22)18-15/h6-7,9-10H,4-5,8H2,1-3H3,(H2,18,20,21,22)/b17-10-. The van der Waals surface area contributed by atoms with Crippen LogP contribution in [-0.4, -0.2) is 35.1 Å². The Hall–Kier alpha value is -2.90. The van der Waals surface area contributed by atoms with Gasteiger partial charge in [0.2, 0.25) is 0 Å². The minimum atomic E-state index is -0.534. The summed E-state index contributed by atoms with van der Waals surface area (Å²) in [6, 6.07) is 5.53. The van der Waals surface area contributed by atoms with Crippen LogP contribution >= 0.6 is 0 Å². The second kappa shape index (κ2) is 8.66. The number of ether oxygens (including phenoxy) is 2. The smallest absolute Gasteiger partial charge is 0.363 e. The van der Waals surface area contributed by atoms with Gasteiger partial charge in [0.05, 0.1) is 19.9 Å². The summed E-state index contributed by atoms with van der Waals surface area (Å²) in [5.41, 5.74) is 3.53. The summed E-state index contributed by atoms with van der Waals surface area (Å²) in [5.74, 6) is 1.65. The van der Waals surface area contributed by atoms with E-state index in [0.29, 0.717) is 29.6 Å². The first-order valence-electron chi connectivity index (χ1n) is 7.67. The van der Waals surface area contributed by atoms with E-state index < -0.39 is 5.69 Å². The molecule has 24 heavy (non-hydrogen) atoms. The molecule has 0 amide bonds. The van der Waals surface area contributed by atoms with Gasteiger partial charge in [0, 0.05) is 0 Å². The van der Waals surface area contributed by atoms with Gasteiger partial charge < -0.3 is 9.47 Å². The average molecular weight is 331 g/mol. The lowest BCUT2D eigenvalue weighted by Crippen LogP contribution is -2.15. The lowest BCUT2D eigenvalue weighted by Gasteiger charge is -2.10. The van der Waals surface area contributed by atoms with Gasteiger partial charge in [0.1, 0.15) is 5.69 Å². The van der Waals surface area contributed by atoms with Gasteiger partial charge in [-0.25, -0.2) is 9.89 Å². The number of hydrogen-bond acceptors (Lipinski definition) is 7. The van der Waals surface area contributed by atoms with Crippen LogP contribution in [0, 0.1) is 6.92 Å². The SMILES string of the molecule is CCCCOc1ccc(/C=N\Nc2nc(=O)[nH]nc2C)cc1OC. The van der Waals surface area contributed by atoms with Crippen molar-refractivity contribution in [3.05, 3.63) is 39.9 Å². The number of H-pyrrole nitrogens is 1. The topological polar surface area (TPSA) is 101 Å². The predicted molar refractivity (Wildman–Crippen MR) is 92.0 cm³/mol. The van der Waals surface area contributed by atoms with Crippen molar-refractivity contribution < 1.29 is 9.47 Å². The fourth-order valence-corrected chi connectivity index (χ4v) is 1.88. The average Bonchev–Trinajstić information content (AvgIpc) is 2.59. The number of nitrogens with one attached hydrogen (secondary N) is 2. The quantitative estimate of drug-likeness (QED) is 0.436. The lowest BCUT2D eigenvalue weighted by molar-refractivity contribution is 0.288. The maximum Gasteiger partial charge on any atom is 0.363 e. The Balaban J connectivity index is 2.06. The molecule has 2 N–H and O–H groups in total. The number of hydrazone groups is 1. The third-order valence-corrected chi connectivity index (χ3v) is 3.20. The van der Waals surface area contributed by atoms with Gasteiger partial charge in [-0.2, -0.15) is 15.2 Å². The number of methoxy groups -OCH3 is 1. The van der Waals surface area contributed by atoms with Crippen molar-refractivity contribution >= 4 is 12.0 Å². The van der Waals surface area contributed by atoms with E-state index in [1.807, 2.05) is 18.2 Å². The highest BCUT2D eigenvalue weighted by molar-refractivity contribution is 5.81. The zero-order chi connectivity index (χ0) is 17.4. The number of aromatic amines is 1. The van der Waals surface area contributed by atoms with Crippen molar-refractivity contribution in [3.8, 4) is 11.5 Å². The van der Waals surface area contributed by atoms with Crippen molar-refractivity contribution in [3.63, 3.8) is 0 Å². The highest BCUT2D eigenvalue weighted by Gasteiger charge is 2.05. The highest BCUT2D eigenvalue weighted by Crippen LogP contribution is 2.27. The zero-order valence-corrected chi connectivity index (χ0v) is 14.0. The number of hydrogen-bond donors (Lipinski definition) is 2. The molecule has 128 valence electrons. The second-order valence-electron chi connectivity index (χ2n) is 5.06. The summed E-state index contributed by atoms with van der Waals surface area (Å²) in [4.78, 5) is 14.9. The molecule has 0 fully saturated rings. The van der Waals surface area contributed by atoms with Crippen LogP contribution in [0.2, 0.25) is 0 Å². The van der Waals surface area contributed by atoms with Gasteiger partial charge in [-0.15, -0.1) is 0 Å². The van der Waals surface area contributed by atoms with Crippen LogP contribution in [0.3, 0.4) is 0 Å². The van der Waals surface area contributed by atoms with E-state index >= 15 is 0 Å². The number of aromatic nitrogens is 3. The third kappa shape index (κ3) is 4.80. The van der Waals surface area contributed by atoms with Crippen LogP contribution in [0.25, 0.3) is 0 Å². The van der Waals surface area contributed by atoms with E-state index in [0.717, 1.165) is 18.4 Å². The number of aryl methyl sites for hydroxylation is 1. The number of anilines is 1. The molecule has 0 saturated carbocycles. The Kier molecular flexibility index (Phi) is 6.30. The van der Waals surface area contributed by atoms with Gasteiger partial charge in [0.15, 0.2) is 17.3 Å². The molecule has 1 heterocycles. The third-order valence-electron chi connectivity index (χ3n) is 3.20. The molecule has 0 saturated heterocycles. The highest BCUT2D eigenvalue weighted by atomic mass is 16.5. The van der Waals surface area contributed by atoms with Crippen molar-refractivity contribution in [2.24, 2.45) is 5.10 Å². The predicted octanol–water partition coefficient (Wildman–Crippen LogP) is 2.11. The number of nitrogens with zero attached hydrogens (tertiary/aromatic N) is 3. The van der Waals surface area contributed by atoms with E-state index in [-0.39, 0.29) is 0 Å². The molecule has 0 aliphatic heterocycles. The molecule has 0 bridgehead atoms. The molecule has 0 spiro atoms. The van der Waals surface area contributed by atoms with Crippen molar-refractivity contribution in [2.45, 2.75) is 26.7 Å². The van der Waals surface area contributed by atoms with Gasteiger partial charge in [-0.3, -0.25) is 5.43 Å². The Morgan fingerprint density at radius 1 is 1.38 bits per heavy atom. The Morgan fingerprint density at radius 2 is 2.21 bits per heavy atom. The van der Waals surface area contributed by atoms with Gasteiger partial charge in [-0.1, -0.05) is 13.3 Å². The molecule has 8 heteroatoms. The van der Waals surface area contributed by atoms with Crippen LogP contribution in [-0.2, 0) is 0 Å². The molecule has 8 nitrogen and oxygen atoms in total. The molecule has 1 aromatic carbocycles. The van der Waals surface area contributed by atoms with Crippen LogP contribution < -0.4 is 20.6 Å². The van der Waals surface area contributed by atoms with E-state index in [1.54, 1.807) is 20.2 Å². The van der Waals surface area contributed by atoms with Crippen LogP contribution in [0.4, 0.5) is 5.82 Å². The van der Waals surface area contributed by atoms with Crippen LogP contribution in [0.15, 0.2) is 28.1 Å². The van der Waals surface area contributed by atoms with E-state index in [2.05, 4.69) is 32.6 Å². The maximum atomic E-state index is 11.2. The molecule has 0 aliphatic rings. The summed E-state index contributed by atoms with van der Waals surface area (Å²) in [7, 11) is 1.59. The summed E-state index contributed by atoms with van der Waals surface area (Å²) in [6.45, 7) is 4.48. The lowest BCUT2D eigenvalue weighted by atomic mass is 10.2. The number of unbranched alkanes of at least 4 members (excludes halogenated alkanes) is 1. The fourth-order valence-electron chi connectivity index (χ4n) is 1.88. The largest absolute Gasteiger partial charge is 0.493 e. The monoisotopic (exact) mass is 331 g/mol. The van der Waals surface area contributed by atoms with E-state index in [9.17, 15) is 4.79 Å². The zero-order valence-electron chi connectivity index (χ0n) is 14.0. The number of rotatable bonds is 8. The van der Waals surface area contributed by atoms with Crippen LogP contribution in [0.5, 0.6) is 11.5 Å². The molecule has 0 aliphatic carbocycles. The summed E-state index contributed by atoms with van der Waals surface area (Å²) in [5, 5.41) is 10.1. The molecule has 1 aromatic heterocycles. The molecular weight excluding hydrogens is 310 g/mol. The summed E-state index contributed by atoms with van der Waals surface area (Å²) < 4.78 is 11.0. The first-order valence-corrected chi connectivity index (χ1v) is 7.67. The van der Waals surface area contributed by atoms with Crippen molar-refractivity contribution in [2.75, 3.05) is 19.1 Å². The first-order chi connectivity index (χ1) is 11.6. The first kappa shape index (κ1) is 17.5. The molecule has 2 rings (SSSR count). The molecule has 2 aromatic rings. The minimum Gasteiger partial charge on any atom is -0.493 e. The Morgan fingerprint density at radius 3 is 2.96 bits per heavy atom. The normalized spacial score (nSPS) is 10.8. The van der Waals surface area contributed by atoms with Crippen molar-refractivity contribution in [1.29, 1.82) is 0 Å². The minimum absolute atomic E-state index is 0.307.